The Morgan fingerprint density at radius 1 is 1.75 bits per heavy atom. The van der Waals surface area contributed by atoms with Crippen LogP contribution in [-0.2, 0) is 0 Å². The first-order chi connectivity index (χ1) is 3.93. The topological polar surface area (TPSA) is 53.8 Å². The Morgan fingerprint density at radius 3 is 3.12 bits per heavy atom. The molecule has 0 saturated heterocycles. The van der Waals surface area contributed by atoms with Crippen molar-refractivity contribution in [3.05, 3.63) is 18.3 Å². The average Bonchev–Trinajstić information content (AvgIpc) is 2.19. The maximum atomic E-state index is 5.19. The summed E-state index contributed by atoms with van der Waals surface area (Å²) in [5, 5.41) is 2.91. The SMILES string of the molecule is NCNc1ccc[nH]1. The zero-order valence-electron chi connectivity index (χ0n) is 4.52. The molecule has 3 heteroatoms. The number of rotatable bonds is 2. The largest absolute Gasteiger partial charge is 0.359 e. The minimum Gasteiger partial charge on any atom is -0.359 e. The van der Waals surface area contributed by atoms with E-state index in [-0.39, 0.29) is 0 Å². The maximum absolute atomic E-state index is 5.19. The number of hydrogen-bond acceptors (Lipinski definition) is 2. The quantitative estimate of drug-likeness (QED) is 0.482. The lowest BCUT2D eigenvalue weighted by atomic mass is 10.6. The highest BCUT2D eigenvalue weighted by Crippen LogP contribution is 1.97. The molecular weight excluding hydrogens is 102 g/mol. The van der Waals surface area contributed by atoms with E-state index in [1.165, 1.54) is 0 Å². The van der Waals surface area contributed by atoms with Crippen molar-refractivity contribution in [2.45, 2.75) is 0 Å². The molecule has 3 nitrogen and oxygen atoms in total. The fraction of sp³-hybridized carbons (Fsp3) is 0.200. The van der Waals surface area contributed by atoms with Crippen molar-refractivity contribution in [3.63, 3.8) is 0 Å². The first kappa shape index (κ1) is 5.18. The molecule has 0 aliphatic heterocycles. The minimum atomic E-state index is 0.473. The summed E-state index contributed by atoms with van der Waals surface area (Å²) < 4.78 is 0. The Kier molecular flexibility index (Phi) is 1.54. The van der Waals surface area contributed by atoms with E-state index >= 15 is 0 Å². The van der Waals surface area contributed by atoms with Gasteiger partial charge in [-0.05, 0) is 12.1 Å². The highest BCUT2D eigenvalue weighted by atomic mass is 15.0. The number of hydrogen-bond donors (Lipinski definition) is 3. The molecule has 0 fully saturated rings. The van der Waals surface area contributed by atoms with Gasteiger partial charge in [0.25, 0.3) is 0 Å². The van der Waals surface area contributed by atoms with Crippen LogP contribution in [0.15, 0.2) is 18.3 Å². The van der Waals surface area contributed by atoms with E-state index in [4.69, 9.17) is 5.73 Å². The van der Waals surface area contributed by atoms with Gasteiger partial charge in [0.2, 0.25) is 0 Å². The van der Waals surface area contributed by atoms with E-state index in [2.05, 4.69) is 10.3 Å². The fourth-order valence-electron chi connectivity index (χ4n) is 0.550. The van der Waals surface area contributed by atoms with Crippen LogP contribution < -0.4 is 11.1 Å². The normalized spacial score (nSPS) is 9.12. The smallest absolute Gasteiger partial charge is 0.104 e. The van der Waals surface area contributed by atoms with Crippen molar-refractivity contribution in [1.82, 2.24) is 4.98 Å². The van der Waals surface area contributed by atoms with Gasteiger partial charge in [-0.1, -0.05) is 0 Å². The molecule has 4 N–H and O–H groups in total. The third kappa shape index (κ3) is 1.01. The standard InChI is InChI=1S/C5H9N3/c6-4-8-5-2-1-3-7-5/h1-3,7-8H,4,6H2. The molecule has 1 heterocycles. The highest BCUT2D eigenvalue weighted by molar-refractivity contribution is 5.33. The highest BCUT2D eigenvalue weighted by Gasteiger charge is 1.82. The zero-order valence-corrected chi connectivity index (χ0v) is 4.52. The van der Waals surface area contributed by atoms with Crippen LogP contribution in [0.4, 0.5) is 5.82 Å². The van der Waals surface area contributed by atoms with Crippen LogP contribution in [0.5, 0.6) is 0 Å². The van der Waals surface area contributed by atoms with Gasteiger partial charge in [-0.2, -0.15) is 0 Å². The summed E-state index contributed by atoms with van der Waals surface area (Å²) in [6.45, 7) is 0.473. The van der Waals surface area contributed by atoms with E-state index in [9.17, 15) is 0 Å². The molecule has 1 rings (SSSR count). The molecule has 1 aromatic rings. The van der Waals surface area contributed by atoms with E-state index in [0.717, 1.165) is 5.82 Å². The Morgan fingerprint density at radius 2 is 2.62 bits per heavy atom. The van der Waals surface area contributed by atoms with E-state index in [0.29, 0.717) is 6.67 Å². The summed E-state index contributed by atoms with van der Waals surface area (Å²) in [5.74, 6) is 0.965. The molecule has 1 aromatic heterocycles. The zero-order chi connectivity index (χ0) is 5.82. The monoisotopic (exact) mass is 111 g/mol. The van der Waals surface area contributed by atoms with Gasteiger partial charge in [0.1, 0.15) is 5.82 Å². The summed E-state index contributed by atoms with van der Waals surface area (Å²) in [7, 11) is 0. The van der Waals surface area contributed by atoms with Crippen LogP contribution in [0.25, 0.3) is 0 Å². The van der Waals surface area contributed by atoms with Crippen LogP contribution in [0.3, 0.4) is 0 Å². The molecule has 0 radical (unpaired) electrons. The maximum Gasteiger partial charge on any atom is 0.104 e. The van der Waals surface area contributed by atoms with Gasteiger partial charge in [0, 0.05) is 6.20 Å². The molecule has 0 amide bonds. The molecule has 0 spiro atoms. The molecule has 0 saturated carbocycles. The van der Waals surface area contributed by atoms with Crippen molar-refractivity contribution in [1.29, 1.82) is 0 Å². The lowest BCUT2D eigenvalue weighted by Crippen LogP contribution is -2.10. The molecule has 0 bridgehead atoms. The van der Waals surface area contributed by atoms with Crippen LogP contribution in [0.2, 0.25) is 0 Å². The summed E-state index contributed by atoms with van der Waals surface area (Å²) in [4.78, 5) is 2.95. The summed E-state index contributed by atoms with van der Waals surface area (Å²) in [6.07, 6.45) is 1.85. The van der Waals surface area contributed by atoms with Crippen LogP contribution in [0.1, 0.15) is 0 Å². The predicted octanol–water partition coefficient (Wildman–Crippen LogP) is 0.343. The van der Waals surface area contributed by atoms with Crippen LogP contribution in [-0.4, -0.2) is 11.7 Å². The van der Waals surface area contributed by atoms with Gasteiger partial charge in [0.15, 0.2) is 0 Å². The first-order valence-corrected chi connectivity index (χ1v) is 2.51. The molecule has 8 heavy (non-hydrogen) atoms. The van der Waals surface area contributed by atoms with Gasteiger partial charge in [-0.3, -0.25) is 0 Å². The third-order valence-corrected chi connectivity index (χ3v) is 0.890. The molecule has 0 atom stereocenters. The van der Waals surface area contributed by atoms with Crippen molar-refractivity contribution in [3.8, 4) is 0 Å². The number of aromatic amines is 1. The Hall–Kier alpha value is -0.960. The number of nitrogens with two attached hydrogens (primary N) is 1. The summed E-state index contributed by atoms with van der Waals surface area (Å²) >= 11 is 0. The lowest BCUT2D eigenvalue weighted by Gasteiger charge is -1.94. The van der Waals surface area contributed by atoms with Gasteiger partial charge in [-0.15, -0.1) is 0 Å². The van der Waals surface area contributed by atoms with Gasteiger partial charge in [-0.25, -0.2) is 0 Å². The van der Waals surface area contributed by atoms with Crippen molar-refractivity contribution in [2.24, 2.45) is 5.73 Å². The summed E-state index contributed by atoms with van der Waals surface area (Å²) in [6, 6.07) is 3.84. The summed E-state index contributed by atoms with van der Waals surface area (Å²) in [5.41, 5.74) is 5.19. The van der Waals surface area contributed by atoms with Crippen molar-refractivity contribution < 1.29 is 0 Å². The average molecular weight is 111 g/mol. The van der Waals surface area contributed by atoms with E-state index in [1.54, 1.807) is 0 Å². The van der Waals surface area contributed by atoms with Gasteiger partial charge < -0.3 is 16.0 Å². The van der Waals surface area contributed by atoms with Crippen molar-refractivity contribution >= 4 is 5.82 Å². The van der Waals surface area contributed by atoms with E-state index in [1.807, 2.05) is 18.3 Å². The van der Waals surface area contributed by atoms with Crippen LogP contribution in [0, 0.1) is 0 Å². The predicted molar refractivity (Wildman–Crippen MR) is 33.5 cm³/mol. The molecule has 44 valence electrons. The third-order valence-electron chi connectivity index (χ3n) is 0.890. The number of anilines is 1. The van der Waals surface area contributed by atoms with Crippen molar-refractivity contribution in [2.75, 3.05) is 12.0 Å². The second kappa shape index (κ2) is 2.37. The number of H-pyrrole nitrogens is 1. The van der Waals surface area contributed by atoms with Gasteiger partial charge >= 0.3 is 0 Å². The fourth-order valence-corrected chi connectivity index (χ4v) is 0.550. The Labute approximate surface area is 47.9 Å². The molecule has 0 aliphatic carbocycles. The first-order valence-electron chi connectivity index (χ1n) is 2.51. The molecule has 0 aliphatic rings. The second-order valence-corrected chi connectivity index (χ2v) is 1.46. The van der Waals surface area contributed by atoms with E-state index < -0.39 is 0 Å². The molecule has 0 aromatic carbocycles. The second-order valence-electron chi connectivity index (χ2n) is 1.46. The molecule has 0 unspecified atom stereocenters. The van der Waals surface area contributed by atoms with Crippen LogP contribution >= 0.6 is 0 Å². The minimum absolute atomic E-state index is 0.473. The van der Waals surface area contributed by atoms with Gasteiger partial charge in [0.05, 0.1) is 6.67 Å². The Balaban J connectivity index is 2.50. The lowest BCUT2D eigenvalue weighted by molar-refractivity contribution is 1.12. The number of nitrogens with one attached hydrogen (secondary N) is 2. The number of aromatic nitrogens is 1. The Bertz CT molecular complexity index is 133. The molecular formula is C5H9N3.